The lowest BCUT2D eigenvalue weighted by atomic mass is 10.0. The Balaban J connectivity index is 1.76. The van der Waals surface area contributed by atoms with Crippen LogP contribution in [-0.4, -0.2) is 171 Å². The molecular weight excluding hydrogens is 865 g/mol. The molecule has 0 spiro atoms. The van der Waals surface area contributed by atoms with Crippen molar-refractivity contribution in [3.63, 3.8) is 0 Å². The maximum Gasteiger partial charge on any atom is 0.325 e. The van der Waals surface area contributed by atoms with E-state index in [4.69, 9.17) is 5.73 Å². The highest BCUT2D eigenvalue weighted by molar-refractivity contribution is 5.98. The van der Waals surface area contributed by atoms with Crippen molar-refractivity contribution in [1.82, 2.24) is 47.4 Å². The van der Waals surface area contributed by atoms with E-state index in [0.717, 1.165) is 20.3 Å². The van der Waals surface area contributed by atoms with Gasteiger partial charge in [-0.15, -0.1) is 0 Å². The molecule has 8 amide bonds. The fourth-order valence-electron chi connectivity index (χ4n) is 7.48. The molecule has 1 aromatic rings. The van der Waals surface area contributed by atoms with Gasteiger partial charge in [-0.3, -0.25) is 43.2 Å². The van der Waals surface area contributed by atoms with E-state index in [0.29, 0.717) is 50.8 Å². The van der Waals surface area contributed by atoms with Gasteiger partial charge >= 0.3 is 5.97 Å². The predicted molar refractivity (Wildman–Crippen MR) is 236 cm³/mol. The van der Waals surface area contributed by atoms with Gasteiger partial charge in [0.1, 0.15) is 48.3 Å². The molecule has 2 aliphatic rings. The number of carboxylic acids is 1. The van der Waals surface area contributed by atoms with Crippen LogP contribution in [0.1, 0.15) is 85.1 Å². The number of likely N-dealkylation sites (tertiary alicyclic amines) is 1. The topological polar surface area (TPSA) is 360 Å². The van der Waals surface area contributed by atoms with Crippen LogP contribution in [0.25, 0.3) is 0 Å². The zero-order valence-electron chi connectivity index (χ0n) is 38.1. The Hall–Kier alpha value is -5.75. The fourth-order valence-corrected chi connectivity index (χ4v) is 7.48. The van der Waals surface area contributed by atoms with Gasteiger partial charge in [0.05, 0.1) is 24.4 Å². The summed E-state index contributed by atoms with van der Waals surface area (Å²) in [7, 11) is 0. The van der Waals surface area contributed by atoms with Gasteiger partial charge in [-0.2, -0.15) is 0 Å². The van der Waals surface area contributed by atoms with Crippen molar-refractivity contribution in [2.75, 3.05) is 19.6 Å². The van der Waals surface area contributed by atoms with Crippen molar-refractivity contribution < 1.29 is 63.6 Å². The minimum Gasteiger partial charge on any atom is -0.480 e. The van der Waals surface area contributed by atoms with Crippen LogP contribution in [0, 0.1) is 0 Å². The first-order valence-corrected chi connectivity index (χ1v) is 22.3. The Morgan fingerprint density at radius 1 is 0.652 bits per heavy atom. The summed E-state index contributed by atoms with van der Waals surface area (Å²) in [5, 5.41) is 61.1. The summed E-state index contributed by atoms with van der Waals surface area (Å²) in [6, 6.07) is -3.24. The quantitative estimate of drug-likeness (QED) is 0.0413. The average Bonchev–Trinajstić information content (AvgIpc) is 3.99. The molecule has 23 heteroatoms. The van der Waals surface area contributed by atoms with E-state index in [1.807, 2.05) is 0 Å². The molecule has 0 unspecified atom stereocenters. The van der Waals surface area contributed by atoms with E-state index in [9.17, 15) is 63.6 Å². The molecule has 0 bridgehead atoms. The predicted octanol–water partition coefficient (Wildman–Crippen LogP) is -4.24. The van der Waals surface area contributed by atoms with Crippen LogP contribution in [0.4, 0.5) is 0 Å². The standard InChI is InChI=1S/C43H68N10O13/c1-22(35(57)47-23(2)43(65)66)46-37(59)30(21-27-13-7-6-8-14-27)49-36(58)28(15-9-10-18-44)48-39(61)32(24(3)54)51-41(63)34(26(5)56)52-40(62)33(25(4)55)50-38(60)31-17-12-20-53(31)42(64)29-16-11-19-45-29/h6-8,13-14,22-26,28-34,45,54-56H,9-12,15-21,44H2,1-5H3,(H,46,59)(H,47,57)(H,48,61)(H,49,58)(H,50,60)(H,51,63)(H,52,62)(H,65,66)/t22-,23-,24+,25+,26+,28-,29-,30-,31-,32-,33-,34-/m0/s1. The molecule has 2 saturated heterocycles. The summed E-state index contributed by atoms with van der Waals surface area (Å²) < 4.78 is 0. The number of rotatable bonds is 25. The largest absolute Gasteiger partial charge is 0.480 e. The number of aliphatic hydroxyl groups is 3. The van der Waals surface area contributed by atoms with Gasteiger partial charge in [-0.1, -0.05) is 30.3 Å². The van der Waals surface area contributed by atoms with Crippen LogP contribution in [0.3, 0.4) is 0 Å². The number of nitrogens with two attached hydrogens (primary N) is 1. The van der Waals surface area contributed by atoms with Gasteiger partial charge in [-0.25, -0.2) is 0 Å². The molecule has 2 aliphatic heterocycles. The lowest BCUT2D eigenvalue weighted by molar-refractivity contribution is -0.142. The summed E-state index contributed by atoms with van der Waals surface area (Å²) in [6.45, 7) is 7.33. The highest BCUT2D eigenvalue weighted by Crippen LogP contribution is 2.21. The monoisotopic (exact) mass is 932 g/mol. The number of carbonyl (C=O) groups is 9. The fraction of sp³-hybridized carbons (Fsp3) is 0.651. The van der Waals surface area contributed by atoms with Gasteiger partial charge in [0.15, 0.2) is 0 Å². The molecule has 368 valence electrons. The van der Waals surface area contributed by atoms with Crippen LogP contribution in [0.15, 0.2) is 30.3 Å². The van der Waals surface area contributed by atoms with Crippen molar-refractivity contribution in [3.8, 4) is 0 Å². The molecule has 0 saturated carbocycles. The van der Waals surface area contributed by atoms with Gasteiger partial charge in [0, 0.05) is 13.0 Å². The number of aliphatic carboxylic acids is 1. The number of nitrogens with one attached hydrogen (secondary N) is 8. The van der Waals surface area contributed by atoms with Crippen LogP contribution in [0.5, 0.6) is 0 Å². The molecule has 23 nitrogen and oxygen atoms in total. The van der Waals surface area contributed by atoms with Gasteiger partial charge in [-0.05, 0) is 98.2 Å². The van der Waals surface area contributed by atoms with Crippen molar-refractivity contribution in [1.29, 1.82) is 0 Å². The number of aliphatic hydroxyl groups excluding tert-OH is 3. The number of hydrogen-bond donors (Lipinski definition) is 13. The van der Waals surface area contributed by atoms with E-state index in [1.54, 1.807) is 30.3 Å². The van der Waals surface area contributed by atoms with Crippen LogP contribution in [0.2, 0.25) is 0 Å². The second-order valence-electron chi connectivity index (χ2n) is 16.9. The zero-order chi connectivity index (χ0) is 49.2. The number of carbonyl (C=O) groups excluding carboxylic acids is 8. The minimum absolute atomic E-state index is 0.0239. The lowest BCUT2D eigenvalue weighted by Gasteiger charge is -2.31. The average molecular weight is 933 g/mol. The third-order valence-electron chi connectivity index (χ3n) is 11.4. The SMILES string of the molecule is C[C@H](NC(=O)[C@H](C)NC(=O)[C@H](Cc1ccccc1)NC(=O)[C@H](CCCCN)NC(=O)[C@@H](NC(=O)[C@@H](NC(=O)[C@@H](NC(=O)[C@@H]1CCCN1C(=O)[C@@H]1CCCN1)[C@@H](C)O)[C@@H](C)O)[C@@H](C)O)C(=O)O. The third-order valence-corrected chi connectivity index (χ3v) is 11.4. The number of unbranched alkanes of at least 4 members (excludes halogenated alkanes) is 1. The summed E-state index contributed by atoms with van der Waals surface area (Å²) >= 11 is 0. The summed E-state index contributed by atoms with van der Waals surface area (Å²) in [5.74, 6) is -8.02. The highest BCUT2D eigenvalue weighted by atomic mass is 16.4. The lowest BCUT2D eigenvalue weighted by Crippen LogP contribution is -2.64. The van der Waals surface area contributed by atoms with Crippen molar-refractivity contribution in [2.24, 2.45) is 5.73 Å². The van der Waals surface area contributed by atoms with Gasteiger partial charge in [0.2, 0.25) is 47.3 Å². The Morgan fingerprint density at radius 3 is 1.71 bits per heavy atom. The smallest absolute Gasteiger partial charge is 0.325 e. The Kier molecular flexibility index (Phi) is 21.8. The highest BCUT2D eigenvalue weighted by Gasteiger charge is 2.41. The molecular formula is C43H68N10O13. The zero-order valence-corrected chi connectivity index (χ0v) is 38.1. The molecule has 2 heterocycles. The van der Waals surface area contributed by atoms with Crippen LogP contribution in [-0.2, 0) is 49.6 Å². The molecule has 1 aromatic carbocycles. The summed E-state index contributed by atoms with van der Waals surface area (Å²) in [5.41, 5.74) is 6.30. The Bertz CT molecular complexity index is 1850. The van der Waals surface area contributed by atoms with Crippen LogP contribution >= 0.6 is 0 Å². The molecule has 3 rings (SSSR count). The third kappa shape index (κ3) is 16.3. The van der Waals surface area contributed by atoms with Crippen molar-refractivity contribution in [3.05, 3.63) is 35.9 Å². The Labute approximate surface area is 383 Å². The molecule has 0 aliphatic carbocycles. The normalized spacial score (nSPS) is 20.3. The number of carboxylic acid groups (broad SMARTS) is 1. The second kappa shape index (κ2) is 26.4. The molecule has 0 aromatic heterocycles. The Morgan fingerprint density at radius 2 is 1.18 bits per heavy atom. The first kappa shape index (κ1) is 54.6. The first-order chi connectivity index (χ1) is 31.2. The second-order valence-corrected chi connectivity index (χ2v) is 16.9. The molecule has 2 fully saturated rings. The summed E-state index contributed by atoms with van der Waals surface area (Å²) in [4.78, 5) is 121. The maximum absolute atomic E-state index is 14.0. The van der Waals surface area contributed by atoms with Crippen LogP contribution < -0.4 is 48.3 Å². The van der Waals surface area contributed by atoms with E-state index in [1.165, 1.54) is 25.7 Å². The molecule has 14 N–H and O–H groups in total. The number of benzene rings is 1. The molecule has 66 heavy (non-hydrogen) atoms. The van der Waals surface area contributed by atoms with E-state index in [-0.39, 0.29) is 25.3 Å². The molecule has 12 atom stereocenters. The van der Waals surface area contributed by atoms with Gasteiger partial charge < -0.3 is 73.6 Å². The summed E-state index contributed by atoms with van der Waals surface area (Å²) in [6.07, 6.45) is -1.86. The van der Waals surface area contributed by atoms with Gasteiger partial charge in [0.25, 0.3) is 0 Å². The minimum atomic E-state index is -1.81. The van der Waals surface area contributed by atoms with E-state index < -0.39 is 120 Å². The molecule has 0 radical (unpaired) electrons. The number of nitrogens with zero attached hydrogens (tertiary/aromatic N) is 1. The van der Waals surface area contributed by atoms with Crippen molar-refractivity contribution in [2.45, 2.75) is 159 Å². The first-order valence-electron chi connectivity index (χ1n) is 22.3. The number of amides is 8. The van der Waals surface area contributed by atoms with E-state index >= 15 is 0 Å². The van der Waals surface area contributed by atoms with Crippen molar-refractivity contribution >= 4 is 53.2 Å². The maximum atomic E-state index is 14.0. The van der Waals surface area contributed by atoms with E-state index in [2.05, 4.69) is 42.5 Å². The number of hydrogen-bond acceptors (Lipinski definition) is 14.